The topological polar surface area (TPSA) is 29.6 Å². The first kappa shape index (κ1) is 19.7. The van der Waals surface area contributed by atoms with Gasteiger partial charge in [-0.2, -0.15) is 0 Å². The molecule has 0 amide bonds. The second-order valence-electron chi connectivity index (χ2n) is 7.99. The molecule has 0 radical (unpaired) electrons. The number of aliphatic hydroxyl groups excluding tert-OH is 1. The first-order chi connectivity index (χ1) is 12.0. The summed E-state index contributed by atoms with van der Waals surface area (Å²) in [7, 11) is 0. The zero-order chi connectivity index (χ0) is 18.2. The summed E-state index contributed by atoms with van der Waals surface area (Å²) in [6, 6.07) is 15.0. The molecule has 1 unspecified atom stereocenters. The predicted octanol–water partition coefficient (Wildman–Crippen LogP) is 2.98. The van der Waals surface area contributed by atoms with Gasteiger partial charge in [-0.3, -0.25) is 0 Å². The number of quaternary nitrogens is 1. The Labute approximate surface area is 153 Å². The van der Waals surface area contributed by atoms with Crippen LogP contribution in [0.15, 0.2) is 48.7 Å². The minimum absolute atomic E-state index is 0.236. The maximum absolute atomic E-state index is 10.4. The first-order valence-electron chi connectivity index (χ1n) is 9.65. The van der Waals surface area contributed by atoms with Crippen molar-refractivity contribution in [3.8, 4) is 0 Å². The molecular formula is C22H35N2O+. The van der Waals surface area contributed by atoms with Gasteiger partial charge in [0.05, 0.1) is 12.2 Å². The Morgan fingerprint density at radius 2 is 1.72 bits per heavy atom. The molecule has 2 rings (SSSR count). The van der Waals surface area contributed by atoms with E-state index in [1.165, 1.54) is 22.6 Å². The van der Waals surface area contributed by atoms with Crippen molar-refractivity contribution in [2.75, 3.05) is 13.1 Å². The van der Waals surface area contributed by atoms with Crippen LogP contribution in [0.1, 0.15) is 45.4 Å². The van der Waals surface area contributed by atoms with E-state index in [1.807, 2.05) is 0 Å². The molecule has 25 heavy (non-hydrogen) atoms. The predicted molar refractivity (Wildman–Crippen MR) is 105 cm³/mol. The molecule has 2 aromatic rings. The monoisotopic (exact) mass is 343 g/mol. The van der Waals surface area contributed by atoms with E-state index in [0.717, 1.165) is 26.2 Å². The van der Waals surface area contributed by atoms with Crippen molar-refractivity contribution in [1.29, 1.82) is 0 Å². The fourth-order valence-corrected chi connectivity index (χ4v) is 3.09. The molecule has 1 heterocycles. The number of aliphatic hydroxyl groups is 1. The van der Waals surface area contributed by atoms with Crippen LogP contribution in [0.5, 0.6) is 0 Å². The molecule has 3 heteroatoms. The molecule has 0 aliphatic heterocycles. The maximum atomic E-state index is 10.4. The lowest BCUT2D eigenvalue weighted by Gasteiger charge is -2.25. The first-order valence-corrected chi connectivity index (χ1v) is 9.65. The van der Waals surface area contributed by atoms with Crippen molar-refractivity contribution in [2.24, 2.45) is 11.8 Å². The molecule has 0 spiro atoms. The van der Waals surface area contributed by atoms with Crippen LogP contribution in [-0.4, -0.2) is 28.9 Å². The van der Waals surface area contributed by atoms with Crippen molar-refractivity contribution in [1.82, 2.24) is 4.57 Å². The van der Waals surface area contributed by atoms with E-state index in [0.29, 0.717) is 11.8 Å². The van der Waals surface area contributed by atoms with Gasteiger partial charge in [0.15, 0.2) is 0 Å². The molecule has 2 atom stereocenters. The van der Waals surface area contributed by atoms with Crippen LogP contribution in [0.3, 0.4) is 0 Å². The number of aromatic nitrogens is 1. The van der Waals surface area contributed by atoms with Gasteiger partial charge in [0.25, 0.3) is 0 Å². The van der Waals surface area contributed by atoms with Crippen LogP contribution in [0.25, 0.3) is 0 Å². The molecule has 2 N–H and O–H groups in total. The Balaban J connectivity index is 2.05. The SMILES string of the molecule is CC(C)CC[NH+](Cc1cccn1Cc1ccccc1)C[C@H](O)C(C)C. The molecular weight excluding hydrogens is 308 g/mol. The van der Waals surface area contributed by atoms with E-state index in [4.69, 9.17) is 0 Å². The van der Waals surface area contributed by atoms with Crippen LogP contribution >= 0.6 is 0 Å². The van der Waals surface area contributed by atoms with Gasteiger partial charge >= 0.3 is 0 Å². The lowest BCUT2D eigenvalue weighted by Crippen LogP contribution is -3.12. The van der Waals surface area contributed by atoms with Gasteiger partial charge in [-0.15, -0.1) is 0 Å². The van der Waals surface area contributed by atoms with Crippen LogP contribution in [0.2, 0.25) is 0 Å². The Morgan fingerprint density at radius 3 is 2.36 bits per heavy atom. The molecule has 138 valence electrons. The zero-order valence-corrected chi connectivity index (χ0v) is 16.3. The van der Waals surface area contributed by atoms with E-state index in [9.17, 15) is 5.11 Å². The van der Waals surface area contributed by atoms with Crippen molar-refractivity contribution in [3.05, 3.63) is 59.9 Å². The number of nitrogens with zero attached hydrogens (tertiary/aromatic N) is 1. The Hall–Kier alpha value is -1.58. The Bertz CT molecular complexity index is 603. The summed E-state index contributed by atoms with van der Waals surface area (Å²) in [5, 5.41) is 10.4. The van der Waals surface area contributed by atoms with Gasteiger partial charge in [-0.25, -0.2) is 0 Å². The van der Waals surface area contributed by atoms with Gasteiger partial charge in [0.2, 0.25) is 0 Å². The summed E-state index contributed by atoms with van der Waals surface area (Å²) in [4.78, 5) is 1.47. The lowest BCUT2D eigenvalue weighted by atomic mass is 10.1. The van der Waals surface area contributed by atoms with Crippen LogP contribution in [0.4, 0.5) is 0 Å². The van der Waals surface area contributed by atoms with Crippen molar-refractivity contribution in [3.63, 3.8) is 0 Å². The minimum Gasteiger partial charge on any atom is -0.387 e. The molecule has 0 aliphatic carbocycles. The molecule has 1 aromatic carbocycles. The number of nitrogens with one attached hydrogen (secondary N) is 1. The summed E-state index contributed by atoms with van der Waals surface area (Å²) in [5.74, 6) is 1.01. The molecule has 3 nitrogen and oxygen atoms in total. The third kappa shape index (κ3) is 6.68. The van der Waals surface area contributed by atoms with Crippen LogP contribution in [0, 0.1) is 11.8 Å². The quantitative estimate of drug-likeness (QED) is 0.682. The van der Waals surface area contributed by atoms with Gasteiger partial charge in [-0.1, -0.05) is 58.0 Å². The van der Waals surface area contributed by atoms with E-state index < -0.39 is 0 Å². The number of hydrogen-bond acceptors (Lipinski definition) is 1. The third-order valence-corrected chi connectivity index (χ3v) is 4.89. The highest BCUT2D eigenvalue weighted by Gasteiger charge is 2.20. The second kappa shape index (κ2) is 9.79. The molecule has 0 saturated heterocycles. The van der Waals surface area contributed by atoms with E-state index in [-0.39, 0.29) is 6.10 Å². The van der Waals surface area contributed by atoms with Gasteiger partial charge < -0.3 is 14.6 Å². The molecule has 0 aliphatic rings. The van der Waals surface area contributed by atoms with Crippen molar-refractivity contribution >= 4 is 0 Å². The third-order valence-electron chi connectivity index (χ3n) is 4.89. The fourth-order valence-electron chi connectivity index (χ4n) is 3.09. The van der Waals surface area contributed by atoms with Crippen LogP contribution < -0.4 is 4.90 Å². The standard InChI is InChI=1S/C22H34N2O/c1-18(2)12-14-23(17-22(25)19(3)4)16-21-11-8-13-24(21)15-20-9-6-5-7-10-20/h5-11,13,18-19,22,25H,12,14-17H2,1-4H3/p+1/t22-/m0/s1. The average molecular weight is 344 g/mol. The van der Waals surface area contributed by atoms with Gasteiger partial charge in [0.1, 0.15) is 19.2 Å². The zero-order valence-electron chi connectivity index (χ0n) is 16.3. The molecule has 0 bridgehead atoms. The highest BCUT2D eigenvalue weighted by molar-refractivity contribution is 5.17. The van der Waals surface area contributed by atoms with E-state index >= 15 is 0 Å². The second-order valence-corrected chi connectivity index (χ2v) is 7.99. The number of benzene rings is 1. The van der Waals surface area contributed by atoms with Gasteiger partial charge in [0, 0.05) is 12.7 Å². The number of hydrogen-bond donors (Lipinski definition) is 2. The molecule has 0 fully saturated rings. The number of rotatable bonds is 10. The Morgan fingerprint density at radius 1 is 1.00 bits per heavy atom. The van der Waals surface area contributed by atoms with Crippen LogP contribution in [-0.2, 0) is 13.1 Å². The summed E-state index contributed by atoms with van der Waals surface area (Å²) in [6.07, 6.45) is 3.13. The minimum atomic E-state index is -0.236. The maximum Gasteiger partial charge on any atom is 0.118 e. The average Bonchev–Trinajstić information content (AvgIpc) is 3.00. The van der Waals surface area contributed by atoms with Gasteiger partial charge in [-0.05, 0) is 36.0 Å². The fraction of sp³-hybridized carbons (Fsp3) is 0.545. The normalized spacial score (nSPS) is 14.2. The molecule has 0 saturated carbocycles. The lowest BCUT2D eigenvalue weighted by molar-refractivity contribution is -0.918. The Kier molecular flexibility index (Phi) is 7.73. The molecule has 1 aromatic heterocycles. The highest BCUT2D eigenvalue weighted by Crippen LogP contribution is 2.08. The highest BCUT2D eigenvalue weighted by atomic mass is 16.3. The summed E-state index contributed by atoms with van der Waals surface area (Å²) >= 11 is 0. The largest absolute Gasteiger partial charge is 0.387 e. The summed E-state index contributed by atoms with van der Waals surface area (Å²) in [6.45, 7) is 12.6. The van der Waals surface area contributed by atoms with E-state index in [2.05, 4.69) is 80.9 Å². The van der Waals surface area contributed by atoms with Crippen molar-refractivity contribution in [2.45, 2.75) is 53.3 Å². The van der Waals surface area contributed by atoms with E-state index in [1.54, 1.807) is 0 Å². The smallest absolute Gasteiger partial charge is 0.118 e. The summed E-state index contributed by atoms with van der Waals surface area (Å²) < 4.78 is 2.34. The summed E-state index contributed by atoms with van der Waals surface area (Å²) in [5.41, 5.74) is 2.67. The van der Waals surface area contributed by atoms with Crippen molar-refractivity contribution < 1.29 is 10.0 Å².